The second kappa shape index (κ2) is 5.17. The van der Waals surface area contributed by atoms with Crippen molar-refractivity contribution in [3.8, 4) is 0 Å². The molecular formula is C11H14N2O. The summed E-state index contributed by atoms with van der Waals surface area (Å²) in [7, 11) is 1.51. The zero-order valence-corrected chi connectivity index (χ0v) is 8.69. The number of hydrogen-bond donors (Lipinski definition) is 0. The quantitative estimate of drug-likeness (QED) is 0.533. The number of aryl methyl sites for hydroxylation is 1. The molecule has 14 heavy (non-hydrogen) atoms. The molecule has 0 aromatic heterocycles. The van der Waals surface area contributed by atoms with Gasteiger partial charge in [0.1, 0.15) is 7.11 Å². The minimum absolute atomic E-state index is 0.815. The third-order valence-electron chi connectivity index (χ3n) is 1.68. The van der Waals surface area contributed by atoms with Crippen LogP contribution in [-0.4, -0.2) is 19.0 Å². The first-order valence-electron chi connectivity index (χ1n) is 4.41. The first-order valence-corrected chi connectivity index (χ1v) is 4.41. The molecule has 0 atom stereocenters. The summed E-state index contributed by atoms with van der Waals surface area (Å²) in [6.07, 6.45) is 1.58. The predicted molar refractivity (Wildman–Crippen MR) is 59.4 cm³/mol. The van der Waals surface area contributed by atoms with Crippen molar-refractivity contribution in [2.45, 2.75) is 13.8 Å². The molecule has 0 fully saturated rings. The summed E-state index contributed by atoms with van der Waals surface area (Å²) in [6.45, 7) is 3.93. The van der Waals surface area contributed by atoms with Gasteiger partial charge in [-0.1, -0.05) is 22.9 Å². The summed E-state index contributed by atoms with van der Waals surface area (Å²) in [5.74, 6) is 0. The minimum atomic E-state index is 0.815. The Kier molecular flexibility index (Phi) is 3.85. The number of hydrogen-bond acceptors (Lipinski definition) is 3. The third-order valence-corrected chi connectivity index (χ3v) is 1.68. The highest BCUT2D eigenvalue weighted by Crippen LogP contribution is 2.12. The SMILES string of the molecule is CON=CC(C)=Nc1ccc(C)cc1. The Labute approximate surface area is 84.1 Å². The van der Waals surface area contributed by atoms with Crippen molar-refractivity contribution in [3.05, 3.63) is 29.8 Å². The highest BCUT2D eigenvalue weighted by Gasteiger charge is 1.89. The Hall–Kier alpha value is -1.64. The molecule has 0 heterocycles. The summed E-state index contributed by atoms with van der Waals surface area (Å²) in [5.41, 5.74) is 2.97. The molecule has 0 aliphatic rings. The molecule has 0 unspecified atom stereocenters. The van der Waals surface area contributed by atoms with Crippen LogP contribution in [0, 0.1) is 6.92 Å². The fraction of sp³-hybridized carbons (Fsp3) is 0.273. The lowest BCUT2D eigenvalue weighted by atomic mass is 10.2. The molecule has 3 heteroatoms. The second-order valence-corrected chi connectivity index (χ2v) is 3.01. The summed E-state index contributed by atoms with van der Waals surface area (Å²) in [5, 5.41) is 3.63. The van der Waals surface area contributed by atoms with Gasteiger partial charge in [0.2, 0.25) is 0 Å². The summed E-state index contributed by atoms with van der Waals surface area (Å²) >= 11 is 0. The van der Waals surface area contributed by atoms with Gasteiger partial charge in [-0.05, 0) is 26.0 Å². The van der Waals surface area contributed by atoms with Crippen molar-refractivity contribution in [1.29, 1.82) is 0 Å². The van der Waals surface area contributed by atoms with E-state index in [0.29, 0.717) is 0 Å². The van der Waals surface area contributed by atoms with E-state index in [0.717, 1.165) is 11.4 Å². The number of oxime groups is 1. The lowest BCUT2D eigenvalue weighted by molar-refractivity contribution is 0.216. The number of nitrogens with zero attached hydrogens (tertiary/aromatic N) is 2. The average Bonchev–Trinajstić information content (AvgIpc) is 2.18. The van der Waals surface area contributed by atoms with E-state index >= 15 is 0 Å². The summed E-state index contributed by atoms with van der Waals surface area (Å²) in [4.78, 5) is 8.88. The first kappa shape index (κ1) is 10.4. The van der Waals surface area contributed by atoms with Gasteiger partial charge in [-0.2, -0.15) is 0 Å². The fourth-order valence-electron chi connectivity index (χ4n) is 0.981. The third kappa shape index (κ3) is 3.39. The van der Waals surface area contributed by atoms with Crippen LogP contribution in [0.15, 0.2) is 34.4 Å². The maximum absolute atomic E-state index is 4.56. The van der Waals surface area contributed by atoms with E-state index < -0.39 is 0 Å². The molecule has 1 rings (SSSR count). The van der Waals surface area contributed by atoms with Gasteiger partial charge in [-0.15, -0.1) is 0 Å². The fourth-order valence-corrected chi connectivity index (χ4v) is 0.981. The Morgan fingerprint density at radius 3 is 2.50 bits per heavy atom. The van der Waals surface area contributed by atoms with Crippen LogP contribution in [0.3, 0.4) is 0 Å². The van der Waals surface area contributed by atoms with Crippen molar-refractivity contribution in [2.24, 2.45) is 10.1 Å². The molecule has 0 amide bonds. The molecule has 0 bridgehead atoms. The van der Waals surface area contributed by atoms with E-state index in [1.807, 2.05) is 38.1 Å². The van der Waals surface area contributed by atoms with Crippen molar-refractivity contribution >= 4 is 17.6 Å². The van der Waals surface area contributed by atoms with Crippen LogP contribution >= 0.6 is 0 Å². The van der Waals surface area contributed by atoms with Crippen molar-refractivity contribution in [3.63, 3.8) is 0 Å². The van der Waals surface area contributed by atoms with Crippen LogP contribution in [-0.2, 0) is 4.84 Å². The Morgan fingerprint density at radius 1 is 1.29 bits per heavy atom. The van der Waals surface area contributed by atoms with Crippen LogP contribution in [0.25, 0.3) is 0 Å². The molecule has 0 radical (unpaired) electrons. The van der Waals surface area contributed by atoms with Gasteiger partial charge in [0, 0.05) is 0 Å². The van der Waals surface area contributed by atoms with Crippen LogP contribution in [0.1, 0.15) is 12.5 Å². The largest absolute Gasteiger partial charge is 0.399 e. The highest BCUT2D eigenvalue weighted by atomic mass is 16.6. The second-order valence-electron chi connectivity index (χ2n) is 3.01. The van der Waals surface area contributed by atoms with Crippen LogP contribution in [0.4, 0.5) is 5.69 Å². The molecule has 1 aromatic carbocycles. The zero-order valence-electron chi connectivity index (χ0n) is 8.69. The molecule has 0 spiro atoms. The highest BCUT2D eigenvalue weighted by molar-refractivity contribution is 6.29. The Morgan fingerprint density at radius 2 is 1.93 bits per heavy atom. The molecule has 0 aliphatic heterocycles. The molecule has 0 saturated heterocycles. The first-order chi connectivity index (χ1) is 6.72. The van der Waals surface area contributed by atoms with Crippen molar-refractivity contribution < 1.29 is 4.84 Å². The number of rotatable bonds is 3. The summed E-state index contributed by atoms with van der Waals surface area (Å²) in [6, 6.07) is 8.00. The van der Waals surface area contributed by atoms with Gasteiger partial charge < -0.3 is 4.84 Å². The smallest absolute Gasteiger partial charge is 0.106 e. The standard InChI is InChI=1S/C11H14N2O/c1-9-4-6-11(7-5-9)13-10(2)8-12-14-3/h4-8H,1-3H3. The molecular weight excluding hydrogens is 176 g/mol. The Bertz CT molecular complexity index is 339. The molecule has 0 saturated carbocycles. The van der Waals surface area contributed by atoms with Crippen LogP contribution in [0.5, 0.6) is 0 Å². The van der Waals surface area contributed by atoms with Crippen molar-refractivity contribution in [1.82, 2.24) is 0 Å². The van der Waals surface area contributed by atoms with Gasteiger partial charge >= 0.3 is 0 Å². The minimum Gasteiger partial charge on any atom is -0.399 e. The van der Waals surface area contributed by atoms with Gasteiger partial charge in [-0.25, -0.2) is 0 Å². The van der Waals surface area contributed by atoms with E-state index in [-0.39, 0.29) is 0 Å². The molecule has 74 valence electrons. The average molecular weight is 190 g/mol. The maximum atomic E-state index is 4.56. The van der Waals surface area contributed by atoms with E-state index in [1.165, 1.54) is 12.7 Å². The Balaban J connectivity index is 2.76. The van der Waals surface area contributed by atoms with Gasteiger partial charge in [0.15, 0.2) is 0 Å². The van der Waals surface area contributed by atoms with E-state index in [9.17, 15) is 0 Å². The molecule has 0 aliphatic carbocycles. The number of benzene rings is 1. The zero-order chi connectivity index (χ0) is 10.4. The monoisotopic (exact) mass is 190 g/mol. The van der Waals surface area contributed by atoms with E-state index in [2.05, 4.69) is 15.0 Å². The summed E-state index contributed by atoms with van der Waals surface area (Å²) < 4.78 is 0. The molecule has 0 N–H and O–H groups in total. The lowest BCUT2D eigenvalue weighted by Gasteiger charge is -1.95. The number of aliphatic imine (C=N–C) groups is 1. The van der Waals surface area contributed by atoms with E-state index in [1.54, 1.807) is 6.21 Å². The lowest BCUT2D eigenvalue weighted by Crippen LogP contribution is -1.91. The topological polar surface area (TPSA) is 34.0 Å². The van der Waals surface area contributed by atoms with Crippen molar-refractivity contribution in [2.75, 3.05) is 7.11 Å². The molecule has 3 nitrogen and oxygen atoms in total. The van der Waals surface area contributed by atoms with Gasteiger partial charge in [-0.3, -0.25) is 4.99 Å². The van der Waals surface area contributed by atoms with Gasteiger partial charge in [0.25, 0.3) is 0 Å². The van der Waals surface area contributed by atoms with Crippen LogP contribution < -0.4 is 0 Å². The predicted octanol–water partition coefficient (Wildman–Crippen LogP) is 2.72. The molecule has 1 aromatic rings. The van der Waals surface area contributed by atoms with E-state index in [4.69, 9.17) is 0 Å². The van der Waals surface area contributed by atoms with Gasteiger partial charge in [0.05, 0.1) is 17.6 Å². The maximum Gasteiger partial charge on any atom is 0.106 e. The van der Waals surface area contributed by atoms with Crippen LogP contribution in [0.2, 0.25) is 0 Å². The normalized spacial score (nSPS) is 12.1.